The minimum Gasteiger partial charge on any atom is -0.487 e. The van der Waals surface area contributed by atoms with E-state index in [0.29, 0.717) is 33.5 Å². The molecule has 10 heteroatoms. The molecule has 2 amide bonds. The van der Waals surface area contributed by atoms with Crippen LogP contribution in [-0.2, 0) is 13.2 Å². The largest absolute Gasteiger partial charge is 0.487 e. The highest BCUT2D eigenvalue weighted by Gasteiger charge is 2.18. The summed E-state index contributed by atoms with van der Waals surface area (Å²) >= 11 is 13.2. The number of amides is 2. The topological polar surface area (TPSA) is 106 Å². The molecule has 2 N–H and O–H groups in total. The number of urea groups is 1. The number of nitrogens with zero attached hydrogens (tertiary/aromatic N) is 2. The number of aromatic nitrogens is 1. The third kappa shape index (κ3) is 6.51. The summed E-state index contributed by atoms with van der Waals surface area (Å²) in [5, 5.41) is 18.4. The Hall–Kier alpha value is -3.88. The average Bonchev–Trinajstić information content (AvgIpc) is 2.90. The van der Waals surface area contributed by atoms with E-state index in [0.717, 1.165) is 22.2 Å². The molecular weight excluding hydrogens is 527 g/mol. The Morgan fingerprint density at radius 3 is 2.66 bits per heavy atom. The van der Waals surface area contributed by atoms with Crippen LogP contribution in [0.1, 0.15) is 35.2 Å². The summed E-state index contributed by atoms with van der Waals surface area (Å²) in [6, 6.07) is 19.0. The summed E-state index contributed by atoms with van der Waals surface area (Å²) < 4.78 is 6.10. The van der Waals surface area contributed by atoms with Gasteiger partial charge in [-0.25, -0.2) is 9.78 Å². The van der Waals surface area contributed by atoms with Crippen molar-refractivity contribution < 1.29 is 14.5 Å². The molecule has 0 aliphatic carbocycles. The zero-order valence-corrected chi connectivity index (χ0v) is 22.3. The fourth-order valence-corrected chi connectivity index (χ4v) is 4.66. The number of rotatable bonds is 9. The molecule has 196 valence electrons. The van der Waals surface area contributed by atoms with Gasteiger partial charge < -0.3 is 15.4 Å². The summed E-state index contributed by atoms with van der Waals surface area (Å²) in [7, 11) is 0. The maximum Gasteiger partial charge on any atom is 0.315 e. The number of nitro groups is 1. The number of non-ortho nitro benzene ring substituents is 1. The highest BCUT2D eigenvalue weighted by Crippen LogP contribution is 2.34. The van der Waals surface area contributed by atoms with Gasteiger partial charge in [0.1, 0.15) is 17.9 Å². The fraction of sp³-hybridized carbons (Fsp3) is 0.214. The van der Waals surface area contributed by atoms with Gasteiger partial charge in [-0.15, -0.1) is 0 Å². The summed E-state index contributed by atoms with van der Waals surface area (Å²) in [5.41, 5.74) is 3.73. The van der Waals surface area contributed by atoms with Crippen LogP contribution in [-0.4, -0.2) is 22.5 Å². The normalized spacial score (nSPS) is 11.7. The van der Waals surface area contributed by atoms with Crippen LogP contribution in [0.5, 0.6) is 5.75 Å². The number of halogens is 2. The molecule has 8 nitrogen and oxygen atoms in total. The number of hydrogen-bond donors (Lipinski definition) is 2. The van der Waals surface area contributed by atoms with Crippen molar-refractivity contribution in [2.75, 3.05) is 6.54 Å². The molecule has 1 unspecified atom stereocenters. The van der Waals surface area contributed by atoms with Crippen molar-refractivity contribution in [1.29, 1.82) is 0 Å². The Morgan fingerprint density at radius 2 is 1.87 bits per heavy atom. The molecule has 4 rings (SSSR count). The van der Waals surface area contributed by atoms with Gasteiger partial charge in [0.25, 0.3) is 5.69 Å². The van der Waals surface area contributed by atoms with E-state index in [1.54, 1.807) is 18.2 Å². The highest BCUT2D eigenvalue weighted by atomic mass is 35.5. The molecule has 0 saturated heterocycles. The number of nitro benzene ring substituents is 1. The minimum absolute atomic E-state index is 0.0256. The van der Waals surface area contributed by atoms with Crippen molar-refractivity contribution in [3.05, 3.63) is 109 Å². The molecule has 0 aliphatic rings. The van der Waals surface area contributed by atoms with Crippen LogP contribution in [0.2, 0.25) is 10.0 Å². The summed E-state index contributed by atoms with van der Waals surface area (Å²) in [5.74, 6) is 0.517. The number of hydrogen-bond acceptors (Lipinski definition) is 5. The first-order chi connectivity index (χ1) is 18.2. The van der Waals surface area contributed by atoms with E-state index in [1.165, 1.54) is 12.1 Å². The van der Waals surface area contributed by atoms with Crippen LogP contribution < -0.4 is 15.4 Å². The molecule has 0 radical (unpaired) electrons. The van der Waals surface area contributed by atoms with Gasteiger partial charge in [0.2, 0.25) is 0 Å². The van der Waals surface area contributed by atoms with Crippen molar-refractivity contribution in [3.8, 4) is 5.75 Å². The van der Waals surface area contributed by atoms with Crippen LogP contribution in [0.15, 0.2) is 66.7 Å². The van der Waals surface area contributed by atoms with Crippen molar-refractivity contribution in [3.63, 3.8) is 0 Å². The van der Waals surface area contributed by atoms with E-state index in [1.807, 2.05) is 50.2 Å². The number of carbonyl (C=O) groups excluding carboxylic acids is 1. The summed E-state index contributed by atoms with van der Waals surface area (Å²) in [6.07, 6.45) is 0. The van der Waals surface area contributed by atoms with Crippen molar-refractivity contribution in [2.24, 2.45) is 0 Å². The predicted octanol–water partition coefficient (Wildman–Crippen LogP) is 6.94. The number of carbonyl (C=O) groups is 1. The molecule has 1 atom stereocenters. The molecule has 0 spiro atoms. The second kappa shape index (κ2) is 12.1. The molecule has 3 aromatic carbocycles. The predicted molar refractivity (Wildman–Crippen MR) is 149 cm³/mol. The lowest BCUT2D eigenvalue weighted by atomic mass is 9.99. The molecule has 0 fully saturated rings. The lowest BCUT2D eigenvalue weighted by Crippen LogP contribution is -2.37. The maximum atomic E-state index is 12.3. The lowest BCUT2D eigenvalue weighted by molar-refractivity contribution is -0.384. The third-order valence-electron chi connectivity index (χ3n) is 6.08. The average molecular weight is 553 g/mol. The molecule has 0 saturated carbocycles. The number of fused-ring (bicyclic) bond motifs is 1. The first kappa shape index (κ1) is 27.2. The standard InChI is InChI=1S/C28H26Cl2N4O4/c1-17(14-31-28(35)32-15-19-5-3-7-21(13-19)34(36)37)22-11-12-24(29)23(26(22)30)16-38-25-8-4-6-20-10-9-18(2)33-27(20)25/h3-13,17H,14-16H2,1-2H3,(H2,31,32,35). The lowest BCUT2D eigenvalue weighted by Gasteiger charge is -2.18. The SMILES string of the molecule is Cc1ccc2cccc(OCc3c(Cl)ccc(C(C)CNC(=O)NCc4cccc([N+](=O)[O-])c4)c3Cl)c2n1. The van der Waals surface area contributed by atoms with Crippen molar-refractivity contribution >= 4 is 45.8 Å². The van der Waals surface area contributed by atoms with E-state index in [4.69, 9.17) is 27.9 Å². The highest BCUT2D eigenvalue weighted by molar-refractivity contribution is 6.36. The van der Waals surface area contributed by atoms with E-state index < -0.39 is 11.0 Å². The van der Waals surface area contributed by atoms with Crippen molar-refractivity contribution in [1.82, 2.24) is 15.6 Å². The molecule has 1 heterocycles. The van der Waals surface area contributed by atoms with Gasteiger partial charge in [0.05, 0.1) is 9.95 Å². The van der Waals surface area contributed by atoms with Gasteiger partial charge in [0.15, 0.2) is 0 Å². The maximum absolute atomic E-state index is 12.3. The van der Waals surface area contributed by atoms with Crippen molar-refractivity contribution in [2.45, 2.75) is 32.9 Å². The second-order valence-corrected chi connectivity index (χ2v) is 9.68. The van der Waals surface area contributed by atoms with Crippen LogP contribution in [0.25, 0.3) is 10.9 Å². The van der Waals surface area contributed by atoms with Crippen LogP contribution >= 0.6 is 23.2 Å². The Balaban J connectivity index is 1.38. The number of benzene rings is 3. The summed E-state index contributed by atoms with van der Waals surface area (Å²) in [4.78, 5) is 27.4. The Labute approximate surface area is 230 Å². The van der Waals surface area contributed by atoms with Gasteiger partial charge in [-0.05, 0) is 42.2 Å². The fourth-order valence-electron chi connectivity index (χ4n) is 3.99. The molecule has 1 aromatic heterocycles. The van der Waals surface area contributed by atoms with Gasteiger partial charge in [-0.2, -0.15) is 0 Å². The number of ether oxygens (including phenoxy) is 1. The number of nitrogens with one attached hydrogen (secondary N) is 2. The smallest absolute Gasteiger partial charge is 0.315 e. The quantitative estimate of drug-likeness (QED) is 0.173. The van der Waals surface area contributed by atoms with E-state index in [2.05, 4.69) is 15.6 Å². The van der Waals surface area contributed by atoms with Crippen LogP contribution in [0.3, 0.4) is 0 Å². The monoisotopic (exact) mass is 552 g/mol. The minimum atomic E-state index is -0.472. The molecule has 0 aliphatic heterocycles. The molecule has 4 aromatic rings. The molecule has 38 heavy (non-hydrogen) atoms. The zero-order valence-electron chi connectivity index (χ0n) is 20.8. The van der Waals surface area contributed by atoms with E-state index in [9.17, 15) is 14.9 Å². The molecule has 0 bridgehead atoms. The van der Waals surface area contributed by atoms with Crippen LogP contribution in [0.4, 0.5) is 10.5 Å². The van der Waals surface area contributed by atoms with Crippen LogP contribution in [0, 0.1) is 17.0 Å². The van der Waals surface area contributed by atoms with Gasteiger partial charge in [0, 0.05) is 46.9 Å². The number of aryl methyl sites for hydroxylation is 1. The van der Waals surface area contributed by atoms with Gasteiger partial charge in [-0.3, -0.25) is 10.1 Å². The Morgan fingerprint density at radius 1 is 1.08 bits per heavy atom. The summed E-state index contributed by atoms with van der Waals surface area (Å²) in [6.45, 7) is 4.50. The zero-order chi connectivity index (χ0) is 27.2. The second-order valence-electron chi connectivity index (χ2n) is 8.89. The van der Waals surface area contributed by atoms with E-state index in [-0.39, 0.29) is 24.8 Å². The number of para-hydroxylation sites is 1. The Bertz CT molecular complexity index is 1500. The first-order valence-corrected chi connectivity index (χ1v) is 12.7. The third-order valence-corrected chi connectivity index (χ3v) is 6.89. The number of pyridine rings is 1. The van der Waals surface area contributed by atoms with E-state index >= 15 is 0 Å². The van der Waals surface area contributed by atoms with Gasteiger partial charge >= 0.3 is 6.03 Å². The Kier molecular flexibility index (Phi) is 8.66. The van der Waals surface area contributed by atoms with Gasteiger partial charge in [-0.1, -0.05) is 66.5 Å². The molecular formula is C28H26Cl2N4O4. The first-order valence-electron chi connectivity index (χ1n) is 11.9.